The number of nitrogens with two attached hydrogens (primary N) is 1. The highest BCUT2D eigenvalue weighted by Crippen LogP contribution is 2.42. The maximum absolute atomic E-state index is 13.0. The van der Waals surface area contributed by atoms with Gasteiger partial charge in [0.25, 0.3) is 0 Å². The van der Waals surface area contributed by atoms with Gasteiger partial charge in [0.2, 0.25) is 5.88 Å². The Labute approximate surface area is 110 Å². The number of aromatic nitrogens is 1. The molecule has 0 aliphatic carbocycles. The number of anilines is 1. The molecule has 0 amide bonds. The second-order valence-electron chi connectivity index (χ2n) is 3.64. The summed E-state index contributed by atoms with van der Waals surface area (Å²) in [5.41, 5.74) is 4.10. The number of benzene rings is 1. The van der Waals surface area contributed by atoms with Crippen molar-refractivity contribution in [1.29, 1.82) is 0 Å². The number of nitrogens with zero attached hydrogens (tertiary/aromatic N) is 1. The minimum atomic E-state index is -4.58. The fraction of sp³-hybridized carbons (Fsp3) is 0.182. The van der Waals surface area contributed by atoms with Crippen molar-refractivity contribution < 1.29 is 22.4 Å². The lowest BCUT2D eigenvalue weighted by Crippen LogP contribution is -2.08. The first-order chi connectivity index (χ1) is 8.82. The molecule has 19 heavy (non-hydrogen) atoms. The van der Waals surface area contributed by atoms with Crippen LogP contribution in [-0.2, 0) is 6.18 Å². The van der Waals surface area contributed by atoms with Gasteiger partial charge in [0, 0.05) is 11.6 Å². The molecule has 1 aromatic carbocycles. The van der Waals surface area contributed by atoms with E-state index < -0.39 is 11.7 Å². The van der Waals surface area contributed by atoms with Crippen LogP contribution >= 0.6 is 11.6 Å². The van der Waals surface area contributed by atoms with E-state index in [1.54, 1.807) is 0 Å². The average Bonchev–Trinajstić information content (AvgIpc) is 2.74. The zero-order valence-electron chi connectivity index (χ0n) is 9.58. The van der Waals surface area contributed by atoms with Crippen molar-refractivity contribution in [3.63, 3.8) is 0 Å². The summed E-state index contributed by atoms with van der Waals surface area (Å²) in [4.78, 5) is 0. The number of alkyl halides is 3. The molecule has 1 heterocycles. The van der Waals surface area contributed by atoms with Crippen LogP contribution in [-0.4, -0.2) is 12.3 Å². The largest absolute Gasteiger partial charge is 0.495 e. The SMILES string of the molecule is COc1cc(C(F)(F)F)c(-c2cc(N)on2)cc1Cl. The van der Waals surface area contributed by atoms with Crippen molar-refractivity contribution >= 4 is 17.5 Å². The van der Waals surface area contributed by atoms with Crippen LogP contribution in [0.1, 0.15) is 5.56 Å². The molecule has 0 atom stereocenters. The lowest BCUT2D eigenvalue weighted by molar-refractivity contribution is -0.137. The van der Waals surface area contributed by atoms with E-state index in [9.17, 15) is 13.2 Å². The van der Waals surface area contributed by atoms with E-state index in [1.807, 2.05) is 0 Å². The van der Waals surface area contributed by atoms with E-state index in [4.69, 9.17) is 22.1 Å². The van der Waals surface area contributed by atoms with E-state index in [1.165, 1.54) is 13.2 Å². The Bertz CT molecular complexity index is 610. The number of hydrogen-bond donors (Lipinski definition) is 1. The van der Waals surface area contributed by atoms with Crippen LogP contribution in [0.5, 0.6) is 5.75 Å². The molecule has 0 unspecified atom stereocenters. The summed E-state index contributed by atoms with van der Waals surface area (Å²) in [7, 11) is 1.23. The molecule has 2 aromatic rings. The van der Waals surface area contributed by atoms with Gasteiger partial charge in [-0.25, -0.2) is 0 Å². The average molecular weight is 293 g/mol. The van der Waals surface area contributed by atoms with Crippen LogP contribution in [0.2, 0.25) is 5.02 Å². The molecular formula is C11H8ClF3N2O2. The maximum Gasteiger partial charge on any atom is 0.417 e. The molecule has 2 rings (SSSR count). The smallest absolute Gasteiger partial charge is 0.417 e. The van der Waals surface area contributed by atoms with Gasteiger partial charge in [-0.15, -0.1) is 0 Å². The summed E-state index contributed by atoms with van der Waals surface area (Å²) in [6, 6.07) is 3.11. The quantitative estimate of drug-likeness (QED) is 0.918. The van der Waals surface area contributed by atoms with E-state index in [0.29, 0.717) is 0 Å². The first-order valence-corrected chi connectivity index (χ1v) is 5.38. The summed E-state index contributed by atoms with van der Waals surface area (Å²) in [6.45, 7) is 0. The zero-order valence-corrected chi connectivity index (χ0v) is 10.3. The minimum Gasteiger partial charge on any atom is -0.495 e. The Morgan fingerprint density at radius 1 is 1.32 bits per heavy atom. The van der Waals surface area contributed by atoms with Crippen molar-refractivity contribution in [2.75, 3.05) is 12.8 Å². The van der Waals surface area contributed by atoms with E-state index in [2.05, 4.69) is 9.68 Å². The van der Waals surface area contributed by atoms with Crippen molar-refractivity contribution in [1.82, 2.24) is 5.16 Å². The van der Waals surface area contributed by atoms with Crippen LogP contribution in [0, 0.1) is 0 Å². The lowest BCUT2D eigenvalue weighted by atomic mass is 10.0. The molecule has 0 aliphatic rings. The molecule has 0 fully saturated rings. The molecular weight excluding hydrogens is 285 g/mol. The Kier molecular flexibility index (Phi) is 3.32. The molecule has 0 saturated heterocycles. The standard InChI is InChI=1S/C11H8ClF3N2O2/c1-18-9-3-6(11(13,14)15)5(2-7(9)12)8-4-10(16)19-17-8/h2-4H,16H2,1H3. The Morgan fingerprint density at radius 2 is 2.00 bits per heavy atom. The Morgan fingerprint density at radius 3 is 2.47 bits per heavy atom. The van der Waals surface area contributed by atoms with Crippen molar-refractivity contribution in [3.8, 4) is 17.0 Å². The van der Waals surface area contributed by atoms with Gasteiger partial charge in [0.1, 0.15) is 11.4 Å². The summed E-state index contributed by atoms with van der Waals surface area (Å²) >= 11 is 5.83. The third-order valence-corrected chi connectivity index (χ3v) is 2.70. The number of ether oxygens (including phenoxy) is 1. The third kappa shape index (κ3) is 2.60. The van der Waals surface area contributed by atoms with E-state index >= 15 is 0 Å². The van der Waals surface area contributed by atoms with Gasteiger partial charge in [-0.3, -0.25) is 0 Å². The number of halogens is 4. The Hall–Kier alpha value is -1.89. The van der Waals surface area contributed by atoms with Gasteiger partial charge in [-0.05, 0) is 12.1 Å². The Balaban J connectivity index is 2.68. The molecule has 4 nitrogen and oxygen atoms in total. The number of methoxy groups -OCH3 is 1. The van der Waals surface area contributed by atoms with E-state index in [0.717, 1.165) is 12.1 Å². The van der Waals surface area contributed by atoms with Gasteiger partial charge in [0.05, 0.1) is 17.7 Å². The van der Waals surface area contributed by atoms with Gasteiger partial charge in [-0.2, -0.15) is 13.2 Å². The maximum atomic E-state index is 13.0. The number of nitrogen functional groups attached to an aromatic ring is 1. The summed E-state index contributed by atoms with van der Waals surface area (Å²) in [5.74, 6) is -0.163. The van der Waals surface area contributed by atoms with Crippen molar-refractivity contribution in [2.45, 2.75) is 6.18 Å². The van der Waals surface area contributed by atoms with Crippen LogP contribution in [0.25, 0.3) is 11.3 Å². The van der Waals surface area contributed by atoms with Gasteiger partial charge in [0.15, 0.2) is 0 Å². The fourth-order valence-electron chi connectivity index (χ4n) is 1.57. The number of rotatable bonds is 2. The van der Waals surface area contributed by atoms with Gasteiger partial charge in [-0.1, -0.05) is 16.8 Å². The van der Waals surface area contributed by atoms with Crippen molar-refractivity contribution in [2.24, 2.45) is 0 Å². The minimum absolute atomic E-state index is 0.0343. The van der Waals surface area contributed by atoms with Gasteiger partial charge < -0.3 is 15.0 Å². The summed E-state index contributed by atoms with van der Waals surface area (Å²) < 4.78 is 48.3. The van der Waals surface area contributed by atoms with Crippen molar-refractivity contribution in [3.05, 3.63) is 28.8 Å². The highest BCUT2D eigenvalue weighted by molar-refractivity contribution is 6.32. The highest BCUT2D eigenvalue weighted by Gasteiger charge is 2.35. The molecule has 8 heteroatoms. The molecule has 0 radical (unpaired) electrons. The third-order valence-electron chi connectivity index (χ3n) is 2.40. The molecule has 1 aromatic heterocycles. The second kappa shape index (κ2) is 4.65. The van der Waals surface area contributed by atoms with E-state index in [-0.39, 0.29) is 27.9 Å². The van der Waals surface area contributed by atoms with Gasteiger partial charge >= 0.3 is 6.18 Å². The second-order valence-corrected chi connectivity index (χ2v) is 4.05. The zero-order chi connectivity index (χ0) is 14.2. The predicted octanol–water partition coefficient (Wildman–Crippen LogP) is 3.60. The fourth-order valence-corrected chi connectivity index (χ4v) is 1.81. The molecule has 0 spiro atoms. The van der Waals surface area contributed by atoms with Crippen LogP contribution in [0.3, 0.4) is 0 Å². The number of hydrogen-bond acceptors (Lipinski definition) is 4. The topological polar surface area (TPSA) is 61.3 Å². The highest BCUT2D eigenvalue weighted by atomic mass is 35.5. The predicted molar refractivity (Wildman–Crippen MR) is 62.9 cm³/mol. The molecule has 0 saturated carbocycles. The van der Waals surface area contributed by atoms with Crippen LogP contribution in [0.15, 0.2) is 22.7 Å². The van der Waals surface area contributed by atoms with Crippen LogP contribution in [0.4, 0.5) is 19.1 Å². The molecule has 2 N–H and O–H groups in total. The lowest BCUT2D eigenvalue weighted by Gasteiger charge is -2.13. The molecule has 0 bridgehead atoms. The van der Waals surface area contributed by atoms with Crippen LogP contribution < -0.4 is 10.5 Å². The summed E-state index contributed by atoms with van der Waals surface area (Å²) in [6.07, 6.45) is -4.58. The first-order valence-electron chi connectivity index (χ1n) is 5.00. The normalized spacial score (nSPS) is 11.6. The first kappa shape index (κ1) is 13.5. The summed E-state index contributed by atoms with van der Waals surface area (Å²) in [5, 5.41) is 3.49. The molecule has 102 valence electrons. The monoisotopic (exact) mass is 292 g/mol. The molecule has 0 aliphatic heterocycles.